The van der Waals surface area contributed by atoms with Crippen LogP contribution in [-0.2, 0) is 9.53 Å². The molecule has 140 valence electrons. The standard InChI is InChI=1S/C19H30N2O4/c1-17(2,3)25-16(23)21-19(4-5-19)15(22)20-14-12-6-11-7-13(14)10-18(24,8-11)9-12/h11-14,24H,4-10H2,1-3H3,(H,20,22)(H,21,23). The third-order valence-corrected chi connectivity index (χ3v) is 6.46. The molecular formula is C19H30N2O4. The average Bonchev–Trinajstić information content (AvgIpc) is 3.19. The summed E-state index contributed by atoms with van der Waals surface area (Å²) < 4.78 is 5.30. The number of alkyl carbamates (subject to hydrolysis) is 1. The summed E-state index contributed by atoms with van der Waals surface area (Å²) in [4.78, 5) is 24.9. The molecule has 0 saturated heterocycles. The smallest absolute Gasteiger partial charge is 0.408 e. The third-order valence-electron chi connectivity index (χ3n) is 6.46. The van der Waals surface area contributed by atoms with Crippen LogP contribution in [0, 0.1) is 17.8 Å². The van der Waals surface area contributed by atoms with Gasteiger partial charge in [0, 0.05) is 6.04 Å². The molecule has 2 unspecified atom stereocenters. The Morgan fingerprint density at radius 2 is 1.68 bits per heavy atom. The van der Waals surface area contributed by atoms with Crippen molar-refractivity contribution in [2.24, 2.45) is 17.8 Å². The fraction of sp³-hybridized carbons (Fsp3) is 0.895. The molecule has 5 aliphatic carbocycles. The Kier molecular flexibility index (Phi) is 3.67. The van der Waals surface area contributed by atoms with Gasteiger partial charge in [-0.15, -0.1) is 0 Å². The number of nitrogens with one attached hydrogen (secondary N) is 2. The Hall–Kier alpha value is -1.30. The monoisotopic (exact) mass is 350 g/mol. The van der Waals surface area contributed by atoms with E-state index in [-0.39, 0.29) is 11.9 Å². The van der Waals surface area contributed by atoms with E-state index in [0.29, 0.717) is 30.6 Å². The number of hydrogen-bond acceptors (Lipinski definition) is 4. The predicted molar refractivity (Wildman–Crippen MR) is 91.8 cm³/mol. The van der Waals surface area contributed by atoms with Crippen LogP contribution in [0.25, 0.3) is 0 Å². The second-order valence-corrected chi connectivity index (χ2v) is 9.90. The molecule has 0 aromatic carbocycles. The van der Waals surface area contributed by atoms with E-state index in [0.717, 1.165) is 32.1 Å². The van der Waals surface area contributed by atoms with Gasteiger partial charge in [-0.2, -0.15) is 0 Å². The molecule has 25 heavy (non-hydrogen) atoms. The summed E-state index contributed by atoms with van der Waals surface area (Å²) in [5.74, 6) is 1.28. The Labute approximate surface area is 149 Å². The first kappa shape index (κ1) is 17.1. The molecule has 0 heterocycles. The van der Waals surface area contributed by atoms with Crippen molar-refractivity contribution in [2.75, 3.05) is 0 Å². The van der Waals surface area contributed by atoms with E-state index >= 15 is 0 Å². The van der Waals surface area contributed by atoms with Crippen LogP contribution in [0.5, 0.6) is 0 Å². The fourth-order valence-corrected chi connectivity index (χ4v) is 5.54. The van der Waals surface area contributed by atoms with E-state index in [1.807, 2.05) is 20.8 Å². The average molecular weight is 350 g/mol. The molecule has 0 spiro atoms. The maximum atomic E-state index is 12.9. The lowest BCUT2D eigenvalue weighted by molar-refractivity contribution is -0.147. The highest BCUT2D eigenvalue weighted by Gasteiger charge is 2.57. The highest BCUT2D eigenvalue weighted by Crippen LogP contribution is 2.55. The first-order valence-electron chi connectivity index (χ1n) is 9.62. The van der Waals surface area contributed by atoms with Crippen LogP contribution in [0.4, 0.5) is 4.79 Å². The van der Waals surface area contributed by atoms with Crippen LogP contribution < -0.4 is 10.6 Å². The topological polar surface area (TPSA) is 87.7 Å². The molecule has 4 bridgehead atoms. The van der Waals surface area contributed by atoms with Crippen molar-refractivity contribution in [3.05, 3.63) is 0 Å². The second kappa shape index (κ2) is 5.35. The minimum atomic E-state index is -0.798. The molecule has 5 rings (SSSR count). The Morgan fingerprint density at radius 3 is 2.16 bits per heavy atom. The van der Waals surface area contributed by atoms with Crippen LogP contribution in [0.3, 0.4) is 0 Å². The van der Waals surface area contributed by atoms with E-state index in [1.165, 1.54) is 0 Å². The molecule has 3 N–H and O–H groups in total. The van der Waals surface area contributed by atoms with Crippen LogP contribution in [0.1, 0.15) is 65.7 Å². The molecule has 5 aliphatic rings. The molecule has 0 aromatic heterocycles. The molecule has 2 atom stereocenters. The first-order chi connectivity index (χ1) is 11.6. The fourth-order valence-electron chi connectivity index (χ4n) is 5.54. The normalized spacial score (nSPS) is 40.5. The summed E-state index contributed by atoms with van der Waals surface area (Å²) >= 11 is 0. The van der Waals surface area contributed by atoms with Crippen molar-refractivity contribution < 1.29 is 19.4 Å². The SMILES string of the molecule is CC(C)(C)OC(=O)NC1(C(=O)NC2C3CC4CC2CC(O)(C4)C3)CC1. The van der Waals surface area contributed by atoms with Crippen molar-refractivity contribution in [3.8, 4) is 0 Å². The van der Waals surface area contributed by atoms with Gasteiger partial charge in [0.25, 0.3) is 0 Å². The molecule has 5 saturated carbocycles. The van der Waals surface area contributed by atoms with Crippen molar-refractivity contribution in [1.29, 1.82) is 0 Å². The third kappa shape index (κ3) is 3.25. The van der Waals surface area contributed by atoms with Crippen molar-refractivity contribution in [2.45, 2.75) is 88.5 Å². The number of ether oxygens (including phenoxy) is 1. The Morgan fingerprint density at radius 1 is 1.08 bits per heavy atom. The minimum absolute atomic E-state index is 0.0807. The zero-order valence-corrected chi connectivity index (χ0v) is 15.4. The lowest BCUT2D eigenvalue weighted by Gasteiger charge is -2.58. The second-order valence-electron chi connectivity index (χ2n) is 9.90. The molecule has 2 amide bonds. The van der Waals surface area contributed by atoms with Crippen LogP contribution >= 0.6 is 0 Å². The van der Waals surface area contributed by atoms with Gasteiger partial charge in [0.05, 0.1) is 5.60 Å². The molecule has 6 heteroatoms. The van der Waals surface area contributed by atoms with Gasteiger partial charge < -0.3 is 20.5 Å². The molecule has 5 fully saturated rings. The zero-order valence-electron chi connectivity index (χ0n) is 15.4. The summed E-state index contributed by atoms with van der Waals surface area (Å²) in [5.41, 5.74) is -1.87. The molecule has 0 radical (unpaired) electrons. The number of amides is 2. The lowest BCUT2D eigenvalue weighted by Crippen LogP contribution is -2.63. The van der Waals surface area contributed by atoms with Gasteiger partial charge in [-0.3, -0.25) is 4.79 Å². The largest absolute Gasteiger partial charge is 0.444 e. The highest BCUT2D eigenvalue weighted by molar-refractivity contribution is 5.93. The van der Waals surface area contributed by atoms with E-state index < -0.39 is 22.8 Å². The van der Waals surface area contributed by atoms with Crippen LogP contribution in [0.15, 0.2) is 0 Å². The van der Waals surface area contributed by atoms with E-state index in [9.17, 15) is 14.7 Å². The van der Waals surface area contributed by atoms with Gasteiger partial charge in [0.15, 0.2) is 0 Å². The quantitative estimate of drug-likeness (QED) is 0.727. The molecule has 0 aromatic rings. The minimum Gasteiger partial charge on any atom is -0.444 e. The summed E-state index contributed by atoms with van der Waals surface area (Å²) in [6.45, 7) is 5.43. The van der Waals surface area contributed by atoms with Crippen molar-refractivity contribution in [3.63, 3.8) is 0 Å². The highest BCUT2D eigenvalue weighted by atomic mass is 16.6. The number of hydrogen-bond donors (Lipinski definition) is 3. The van der Waals surface area contributed by atoms with Crippen molar-refractivity contribution >= 4 is 12.0 Å². The molecular weight excluding hydrogens is 320 g/mol. The molecule has 0 aliphatic heterocycles. The van der Waals surface area contributed by atoms with Crippen molar-refractivity contribution in [1.82, 2.24) is 10.6 Å². The summed E-state index contributed by atoms with van der Waals surface area (Å²) in [6.07, 6.45) is 5.55. The Balaban J connectivity index is 1.38. The van der Waals surface area contributed by atoms with Gasteiger partial charge in [-0.05, 0) is 83.5 Å². The van der Waals surface area contributed by atoms with Crippen LogP contribution in [-0.4, -0.2) is 39.9 Å². The first-order valence-corrected chi connectivity index (χ1v) is 9.62. The van der Waals surface area contributed by atoms with Gasteiger partial charge in [-0.1, -0.05) is 0 Å². The maximum Gasteiger partial charge on any atom is 0.408 e. The predicted octanol–water partition coefficient (Wildman–Crippen LogP) is 2.10. The summed E-state index contributed by atoms with van der Waals surface area (Å²) in [6, 6.07) is 0.141. The van der Waals surface area contributed by atoms with E-state index in [2.05, 4.69) is 10.6 Å². The number of aliphatic hydroxyl groups is 1. The Bertz CT molecular complexity index is 577. The summed E-state index contributed by atoms with van der Waals surface area (Å²) in [7, 11) is 0. The lowest BCUT2D eigenvalue weighted by atomic mass is 9.52. The summed E-state index contributed by atoms with van der Waals surface area (Å²) in [5, 5.41) is 16.7. The van der Waals surface area contributed by atoms with Gasteiger partial charge >= 0.3 is 6.09 Å². The number of carbonyl (C=O) groups excluding carboxylic acids is 2. The van der Waals surface area contributed by atoms with Gasteiger partial charge in [0.2, 0.25) is 5.91 Å². The number of rotatable bonds is 3. The van der Waals surface area contributed by atoms with Gasteiger partial charge in [-0.25, -0.2) is 4.79 Å². The van der Waals surface area contributed by atoms with E-state index in [1.54, 1.807) is 0 Å². The van der Waals surface area contributed by atoms with E-state index in [4.69, 9.17) is 4.74 Å². The number of carbonyl (C=O) groups is 2. The van der Waals surface area contributed by atoms with Gasteiger partial charge in [0.1, 0.15) is 11.1 Å². The van der Waals surface area contributed by atoms with Crippen LogP contribution in [0.2, 0.25) is 0 Å². The zero-order chi connectivity index (χ0) is 18.0. The molecule has 6 nitrogen and oxygen atoms in total. The maximum absolute atomic E-state index is 12.9.